The number of aryl methyl sites for hydroxylation is 2. The average Bonchev–Trinajstić information content (AvgIpc) is 3.34. The van der Waals surface area contributed by atoms with Gasteiger partial charge in [0.25, 0.3) is 0 Å². The van der Waals surface area contributed by atoms with Crippen molar-refractivity contribution >= 4 is 0 Å². The van der Waals surface area contributed by atoms with Crippen molar-refractivity contribution in [2.45, 2.75) is 52.0 Å². The summed E-state index contributed by atoms with van der Waals surface area (Å²) < 4.78 is 10.1. The van der Waals surface area contributed by atoms with Crippen LogP contribution in [0, 0.1) is 5.92 Å². The standard InChI is InChI=1S/C20H30N6O/c1-4-24(14-20-10-21-16-25(20)6-1)12-18-9-19-13-23(5-2-7-26(19)22-18)11-17-3-8-27-15-17/h9-10,16-17H,1-8,11-15H2. The van der Waals surface area contributed by atoms with E-state index < -0.39 is 0 Å². The van der Waals surface area contributed by atoms with E-state index in [1.54, 1.807) is 0 Å². The topological polar surface area (TPSA) is 51.4 Å². The van der Waals surface area contributed by atoms with E-state index in [1.165, 1.54) is 42.9 Å². The Morgan fingerprint density at radius 2 is 1.93 bits per heavy atom. The SMILES string of the molecule is c1ncn2c1CN(Cc1cc3n(n1)CCCN(CC1CCOC1)C3)CCC2. The lowest BCUT2D eigenvalue weighted by Crippen LogP contribution is -2.29. The number of hydrogen-bond acceptors (Lipinski definition) is 5. The highest BCUT2D eigenvalue weighted by atomic mass is 16.5. The Morgan fingerprint density at radius 1 is 1.04 bits per heavy atom. The number of rotatable bonds is 4. The Labute approximate surface area is 160 Å². The van der Waals surface area contributed by atoms with Crippen LogP contribution in [0.2, 0.25) is 0 Å². The fourth-order valence-corrected chi connectivity index (χ4v) is 4.73. The number of imidazole rings is 1. The van der Waals surface area contributed by atoms with Gasteiger partial charge in [0.1, 0.15) is 0 Å². The summed E-state index contributed by atoms with van der Waals surface area (Å²) in [6, 6.07) is 2.34. The smallest absolute Gasteiger partial charge is 0.0948 e. The van der Waals surface area contributed by atoms with Gasteiger partial charge in [0.15, 0.2) is 0 Å². The first-order chi connectivity index (χ1) is 13.3. The lowest BCUT2D eigenvalue weighted by Gasteiger charge is -2.22. The molecule has 0 saturated carbocycles. The minimum Gasteiger partial charge on any atom is -0.381 e. The van der Waals surface area contributed by atoms with Gasteiger partial charge in [-0.05, 0) is 31.2 Å². The first-order valence-electron chi connectivity index (χ1n) is 10.4. The van der Waals surface area contributed by atoms with Crippen LogP contribution in [0.5, 0.6) is 0 Å². The molecule has 0 bridgehead atoms. The third-order valence-corrected chi connectivity index (χ3v) is 6.13. The number of ether oxygens (including phenoxy) is 1. The summed E-state index contributed by atoms with van der Waals surface area (Å²) in [7, 11) is 0. The lowest BCUT2D eigenvalue weighted by molar-refractivity contribution is 0.165. The molecule has 27 heavy (non-hydrogen) atoms. The molecular weight excluding hydrogens is 340 g/mol. The summed E-state index contributed by atoms with van der Waals surface area (Å²) in [6.07, 6.45) is 7.54. The van der Waals surface area contributed by atoms with Crippen molar-refractivity contribution in [3.8, 4) is 0 Å². The van der Waals surface area contributed by atoms with Gasteiger partial charge >= 0.3 is 0 Å². The van der Waals surface area contributed by atoms with E-state index in [2.05, 4.69) is 30.1 Å². The Balaban J connectivity index is 1.25. The summed E-state index contributed by atoms with van der Waals surface area (Å²) in [4.78, 5) is 9.42. The van der Waals surface area contributed by atoms with Gasteiger partial charge in [-0.15, -0.1) is 0 Å². The maximum atomic E-state index is 5.56. The molecule has 1 unspecified atom stereocenters. The Bertz CT molecular complexity index is 762. The zero-order chi connectivity index (χ0) is 18.1. The summed E-state index contributed by atoms with van der Waals surface area (Å²) >= 11 is 0. The van der Waals surface area contributed by atoms with Gasteiger partial charge in [-0.1, -0.05) is 0 Å². The van der Waals surface area contributed by atoms with Crippen LogP contribution in [-0.4, -0.2) is 62.0 Å². The maximum Gasteiger partial charge on any atom is 0.0948 e. The second-order valence-corrected chi connectivity index (χ2v) is 8.31. The number of hydrogen-bond donors (Lipinski definition) is 0. The van der Waals surface area contributed by atoms with E-state index >= 15 is 0 Å². The fourth-order valence-electron chi connectivity index (χ4n) is 4.73. The average molecular weight is 371 g/mol. The quantitative estimate of drug-likeness (QED) is 0.820. The normalized spacial score (nSPS) is 24.4. The highest BCUT2D eigenvalue weighted by Crippen LogP contribution is 2.20. The zero-order valence-electron chi connectivity index (χ0n) is 16.1. The number of aromatic nitrogens is 4. The van der Waals surface area contributed by atoms with Gasteiger partial charge in [0, 0.05) is 65.2 Å². The lowest BCUT2D eigenvalue weighted by atomic mass is 10.1. The van der Waals surface area contributed by atoms with Crippen LogP contribution in [0.15, 0.2) is 18.6 Å². The molecule has 1 atom stereocenters. The molecule has 5 rings (SSSR count). The van der Waals surface area contributed by atoms with E-state index in [4.69, 9.17) is 9.84 Å². The van der Waals surface area contributed by atoms with Crippen molar-refractivity contribution in [2.75, 3.05) is 32.8 Å². The molecule has 1 saturated heterocycles. The van der Waals surface area contributed by atoms with Crippen molar-refractivity contribution in [1.82, 2.24) is 29.1 Å². The molecule has 1 fully saturated rings. The molecule has 0 spiro atoms. The molecule has 0 N–H and O–H groups in total. The largest absolute Gasteiger partial charge is 0.381 e. The molecule has 2 aromatic rings. The highest BCUT2D eigenvalue weighted by Gasteiger charge is 2.23. The fraction of sp³-hybridized carbons (Fsp3) is 0.700. The van der Waals surface area contributed by atoms with E-state index in [9.17, 15) is 0 Å². The van der Waals surface area contributed by atoms with E-state index in [-0.39, 0.29) is 0 Å². The molecule has 7 nitrogen and oxygen atoms in total. The molecule has 0 radical (unpaired) electrons. The monoisotopic (exact) mass is 370 g/mol. The maximum absolute atomic E-state index is 5.56. The van der Waals surface area contributed by atoms with E-state index in [0.717, 1.165) is 59.0 Å². The van der Waals surface area contributed by atoms with Gasteiger partial charge in [0.05, 0.1) is 30.0 Å². The predicted octanol–water partition coefficient (Wildman–Crippen LogP) is 1.73. The van der Waals surface area contributed by atoms with Crippen LogP contribution >= 0.6 is 0 Å². The second kappa shape index (κ2) is 7.73. The molecule has 7 heteroatoms. The Kier molecular flexibility index (Phi) is 4.98. The first-order valence-corrected chi connectivity index (χ1v) is 10.4. The van der Waals surface area contributed by atoms with Gasteiger partial charge in [0.2, 0.25) is 0 Å². The zero-order valence-corrected chi connectivity index (χ0v) is 16.1. The third-order valence-electron chi connectivity index (χ3n) is 6.13. The summed E-state index contributed by atoms with van der Waals surface area (Å²) in [6.45, 7) is 10.4. The van der Waals surface area contributed by atoms with Crippen LogP contribution < -0.4 is 0 Å². The Morgan fingerprint density at radius 3 is 2.85 bits per heavy atom. The molecule has 5 heterocycles. The summed E-state index contributed by atoms with van der Waals surface area (Å²) in [5, 5.41) is 4.95. The van der Waals surface area contributed by atoms with Crippen LogP contribution in [-0.2, 0) is 37.5 Å². The predicted molar refractivity (Wildman–Crippen MR) is 102 cm³/mol. The van der Waals surface area contributed by atoms with Gasteiger partial charge in [-0.25, -0.2) is 4.98 Å². The summed E-state index contributed by atoms with van der Waals surface area (Å²) in [5.41, 5.74) is 3.91. The molecule has 0 aliphatic carbocycles. The van der Waals surface area contributed by atoms with Crippen LogP contribution in [0.3, 0.4) is 0 Å². The number of fused-ring (bicyclic) bond motifs is 2. The van der Waals surface area contributed by atoms with Crippen LogP contribution in [0.4, 0.5) is 0 Å². The molecule has 146 valence electrons. The molecule has 0 amide bonds. The first kappa shape index (κ1) is 17.4. The van der Waals surface area contributed by atoms with Crippen molar-refractivity contribution < 1.29 is 4.74 Å². The molecule has 2 aromatic heterocycles. The summed E-state index contributed by atoms with van der Waals surface area (Å²) in [5.74, 6) is 0.709. The van der Waals surface area contributed by atoms with Crippen LogP contribution in [0.1, 0.15) is 36.3 Å². The molecule has 3 aliphatic rings. The van der Waals surface area contributed by atoms with Crippen molar-refractivity contribution in [1.29, 1.82) is 0 Å². The van der Waals surface area contributed by atoms with Gasteiger partial charge < -0.3 is 9.30 Å². The van der Waals surface area contributed by atoms with Crippen molar-refractivity contribution in [3.63, 3.8) is 0 Å². The van der Waals surface area contributed by atoms with Crippen molar-refractivity contribution in [3.05, 3.63) is 35.7 Å². The third kappa shape index (κ3) is 3.95. The Hall–Kier alpha value is -1.70. The minimum atomic E-state index is 0.709. The van der Waals surface area contributed by atoms with Gasteiger partial charge in [-0.3, -0.25) is 14.5 Å². The van der Waals surface area contributed by atoms with Gasteiger partial charge in [-0.2, -0.15) is 5.10 Å². The molecular formula is C20H30N6O. The second-order valence-electron chi connectivity index (χ2n) is 8.31. The number of nitrogens with zero attached hydrogens (tertiary/aromatic N) is 6. The molecule has 3 aliphatic heterocycles. The minimum absolute atomic E-state index is 0.709. The highest BCUT2D eigenvalue weighted by molar-refractivity contribution is 5.12. The molecule has 0 aromatic carbocycles. The van der Waals surface area contributed by atoms with E-state index in [0.29, 0.717) is 5.92 Å². The van der Waals surface area contributed by atoms with Crippen molar-refractivity contribution in [2.24, 2.45) is 5.92 Å². The van der Waals surface area contributed by atoms with E-state index in [1.807, 2.05) is 12.5 Å². The van der Waals surface area contributed by atoms with Crippen LogP contribution in [0.25, 0.3) is 0 Å².